The molecule has 1 rings (SSSR count). The van der Waals surface area contributed by atoms with Gasteiger partial charge in [0.25, 0.3) is 0 Å². The zero-order chi connectivity index (χ0) is 9.19. The zero-order valence-corrected chi connectivity index (χ0v) is 7.56. The van der Waals surface area contributed by atoms with E-state index in [0.717, 1.165) is 19.3 Å². The van der Waals surface area contributed by atoms with E-state index in [1.807, 2.05) is 13.8 Å². The van der Waals surface area contributed by atoms with Crippen LogP contribution in [0.4, 0.5) is 0 Å². The van der Waals surface area contributed by atoms with Gasteiger partial charge in [0.2, 0.25) is 0 Å². The highest BCUT2D eigenvalue weighted by molar-refractivity contribution is 6.50. The zero-order valence-electron chi connectivity index (χ0n) is 7.56. The molecule has 0 amide bonds. The number of hydrogen-bond acceptors (Lipinski definition) is 4. The predicted molar refractivity (Wildman–Crippen MR) is 45.1 cm³/mol. The highest BCUT2D eigenvalue weighted by Crippen LogP contribution is 2.23. The fourth-order valence-electron chi connectivity index (χ4n) is 1.46. The van der Waals surface area contributed by atoms with Crippen LogP contribution in [-0.2, 0) is 9.31 Å². The van der Waals surface area contributed by atoms with E-state index >= 15 is 0 Å². The van der Waals surface area contributed by atoms with Crippen molar-refractivity contribution in [2.75, 3.05) is 0 Å². The van der Waals surface area contributed by atoms with Crippen LogP contribution in [0.15, 0.2) is 0 Å². The van der Waals surface area contributed by atoms with Crippen LogP contribution in [-0.4, -0.2) is 29.2 Å². The molecule has 0 aromatic carbocycles. The van der Waals surface area contributed by atoms with Crippen molar-refractivity contribution in [2.24, 2.45) is 0 Å². The average molecular weight is 175 g/mol. The molecular formula is C7H16BO4-. The Balaban J connectivity index is 2.53. The lowest BCUT2D eigenvalue weighted by atomic mass is 9.96. The van der Waals surface area contributed by atoms with Crippen molar-refractivity contribution in [3.05, 3.63) is 0 Å². The maximum atomic E-state index is 9.15. The topological polar surface area (TPSA) is 58.9 Å². The lowest BCUT2D eigenvalue weighted by Gasteiger charge is -2.44. The van der Waals surface area contributed by atoms with Crippen LogP contribution >= 0.6 is 0 Å². The van der Waals surface area contributed by atoms with Crippen LogP contribution < -0.4 is 0 Å². The fraction of sp³-hybridized carbons (Fsp3) is 1.00. The molecule has 1 heterocycles. The van der Waals surface area contributed by atoms with Crippen molar-refractivity contribution in [1.82, 2.24) is 0 Å². The Morgan fingerprint density at radius 2 is 1.58 bits per heavy atom. The van der Waals surface area contributed by atoms with E-state index in [9.17, 15) is 0 Å². The summed E-state index contributed by atoms with van der Waals surface area (Å²) in [7, 11) is 0. The molecule has 2 unspecified atom stereocenters. The predicted octanol–water partition coefficient (Wildman–Crippen LogP) is 0.401. The van der Waals surface area contributed by atoms with Gasteiger partial charge in [-0.25, -0.2) is 0 Å². The molecule has 1 fully saturated rings. The second kappa shape index (κ2) is 3.74. The van der Waals surface area contributed by atoms with Crippen LogP contribution in [0.5, 0.6) is 0 Å². The number of rotatable bonds is 2. The molecule has 1 aliphatic rings. The van der Waals surface area contributed by atoms with Gasteiger partial charge in [0.05, 0.1) is 0 Å². The number of hydrogen-bond donors (Lipinski definition) is 2. The van der Waals surface area contributed by atoms with Crippen LogP contribution in [0.25, 0.3) is 0 Å². The molecule has 0 saturated carbocycles. The van der Waals surface area contributed by atoms with Crippen LogP contribution in [0.3, 0.4) is 0 Å². The van der Waals surface area contributed by atoms with E-state index in [0.29, 0.717) is 0 Å². The van der Waals surface area contributed by atoms with Gasteiger partial charge in [0.1, 0.15) is 0 Å². The molecule has 0 aromatic rings. The van der Waals surface area contributed by atoms with Gasteiger partial charge in [-0.1, -0.05) is 13.8 Å². The van der Waals surface area contributed by atoms with E-state index in [1.165, 1.54) is 0 Å². The van der Waals surface area contributed by atoms with Gasteiger partial charge in [0, 0.05) is 12.2 Å². The standard InChI is InChI=1S/C7H16BO4/c1-3-6-5-7(4-2)12-8(9,10)11-6/h6-7,9-10H,3-5H2,1-2H3/q-1. The monoisotopic (exact) mass is 175 g/mol. The molecule has 0 spiro atoms. The molecule has 72 valence electrons. The van der Waals surface area contributed by atoms with Crippen LogP contribution in [0.1, 0.15) is 33.1 Å². The Morgan fingerprint density at radius 3 is 1.92 bits per heavy atom. The van der Waals surface area contributed by atoms with E-state index in [1.54, 1.807) is 0 Å². The minimum atomic E-state index is -3.00. The molecule has 1 aliphatic heterocycles. The Hall–Kier alpha value is -0.0951. The SMILES string of the molecule is CCC1CC(CC)O[B-](O)(O)O1. The molecule has 0 radical (unpaired) electrons. The van der Waals surface area contributed by atoms with Crippen molar-refractivity contribution in [1.29, 1.82) is 0 Å². The van der Waals surface area contributed by atoms with E-state index in [2.05, 4.69) is 0 Å². The molecular weight excluding hydrogens is 159 g/mol. The lowest BCUT2D eigenvalue weighted by molar-refractivity contribution is -0.0872. The summed E-state index contributed by atoms with van der Waals surface area (Å²) < 4.78 is 9.81. The highest BCUT2D eigenvalue weighted by Gasteiger charge is 2.34. The van der Waals surface area contributed by atoms with Crippen LogP contribution in [0.2, 0.25) is 0 Å². The first-order valence-electron chi connectivity index (χ1n) is 4.51. The second-order valence-corrected chi connectivity index (χ2v) is 3.20. The highest BCUT2D eigenvalue weighted by atomic mass is 16.8. The Morgan fingerprint density at radius 1 is 1.17 bits per heavy atom. The van der Waals surface area contributed by atoms with Gasteiger partial charge in [0.15, 0.2) is 0 Å². The summed E-state index contributed by atoms with van der Waals surface area (Å²) >= 11 is 0. The second-order valence-electron chi connectivity index (χ2n) is 3.20. The molecule has 12 heavy (non-hydrogen) atoms. The van der Waals surface area contributed by atoms with Crippen molar-refractivity contribution >= 4 is 6.96 Å². The quantitative estimate of drug-likeness (QED) is 0.596. The van der Waals surface area contributed by atoms with E-state index in [-0.39, 0.29) is 12.2 Å². The molecule has 4 nitrogen and oxygen atoms in total. The first-order chi connectivity index (χ1) is 5.57. The molecule has 0 aromatic heterocycles. The maximum absolute atomic E-state index is 9.15. The fourth-order valence-corrected chi connectivity index (χ4v) is 1.46. The minimum absolute atomic E-state index is 0.0845. The van der Waals surface area contributed by atoms with Gasteiger partial charge in [-0.2, -0.15) is 0 Å². The third-order valence-corrected chi connectivity index (χ3v) is 2.18. The molecule has 2 atom stereocenters. The average Bonchev–Trinajstić information content (AvgIpc) is 2.01. The summed E-state index contributed by atoms with van der Waals surface area (Å²) in [5, 5.41) is 18.3. The van der Waals surface area contributed by atoms with Crippen molar-refractivity contribution < 1.29 is 19.4 Å². The van der Waals surface area contributed by atoms with Crippen molar-refractivity contribution in [3.63, 3.8) is 0 Å². The third kappa shape index (κ3) is 2.45. The molecule has 1 saturated heterocycles. The van der Waals surface area contributed by atoms with Crippen LogP contribution in [0, 0.1) is 0 Å². The lowest BCUT2D eigenvalue weighted by Crippen LogP contribution is -2.53. The van der Waals surface area contributed by atoms with Gasteiger partial charge in [-0.3, -0.25) is 0 Å². The van der Waals surface area contributed by atoms with Gasteiger partial charge in [-0.15, -0.1) is 0 Å². The Bertz CT molecular complexity index is 136. The largest absolute Gasteiger partial charge is 0.533 e. The summed E-state index contributed by atoms with van der Waals surface area (Å²) in [6.07, 6.45) is 2.14. The van der Waals surface area contributed by atoms with Gasteiger partial charge >= 0.3 is 6.96 Å². The molecule has 0 bridgehead atoms. The first kappa shape index (κ1) is 9.99. The maximum Gasteiger partial charge on any atom is 0.526 e. The first-order valence-corrected chi connectivity index (χ1v) is 4.51. The summed E-state index contributed by atoms with van der Waals surface area (Å²) in [6.45, 7) is 0.909. The summed E-state index contributed by atoms with van der Waals surface area (Å²) in [5.41, 5.74) is 0. The van der Waals surface area contributed by atoms with Gasteiger partial charge in [-0.05, 0) is 19.3 Å². The normalized spacial score (nSPS) is 35.0. The summed E-state index contributed by atoms with van der Waals surface area (Å²) in [6, 6.07) is 0. The van der Waals surface area contributed by atoms with Crippen molar-refractivity contribution in [3.8, 4) is 0 Å². The smallest absolute Gasteiger partial charge is 0.526 e. The van der Waals surface area contributed by atoms with E-state index in [4.69, 9.17) is 19.4 Å². The van der Waals surface area contributed by atoms with Gasteiger partial charge < -0.3 is 19.4 Å². The Labute approximate surface area is 72.5 Å². The minimum Gasteiger partial charge on any atom is -0.533 e. The third-order valence-electron chi connectivity index (χ3n) is 2.18. The van der Waals surface area contributed by atoms with Crippen molar-refractivity contribution in [2.45, 2.75) is 45.3 Å². The molecule has 5 heteroatoms. The molecule has 2 N–H and O–H groups in total. The van der Waals surface area contributed by atoms with E-state index < -0.39 is 6.96 Å². The Kier molecular flexibility index (Phi) is 3.12. The molecule has 0 aliphatic carbocycles. The summed E-state index contributed by atoms with van der Waals surface area (Å²) in [4.78, 5) is 0. The summed E-state index contributed by atoms with van der Waals surface area (Å²) in [5.74, 6) is 0.